The van der Waals surface area contributed by atoms with Gasteiger partial charge in [-0.2, -0.15) is 0 Å². The Morgan fingerprint density at radius 3 is 2.16 bits per heavy atom. The Hall–Kier alpha value is -2.86. The predicted octanol–water partition coefficient (Wildman–Crippen LogP) is 2.60. The number of nitrogens with one attached hydrogen (secondary N) is 1. The summed E-state index contributed by atoms with van der Waals surface area (Å²) in [6.45, 7) is -0.210. The highest BCUT2D eigenvalue weighted by Gasteiger charge is 2.10. The van der Waals surface area contributed by atoms with E-state index in [9.17, 15) is 14.4 Å². The van der Waals surface area contributed by atoms with Crippen molar-refractivity contribution < 1.29 is 23.9 Å². The molecule has 0 saturated carbocycles. The summed E-state index contributed by atoms with van der Waals surface area (Å²) in [7, 11) is 1.30. The number of esters is 2. The molecule has 25 heavy (non-hydrogen) atoms. The van der Waals surface area contributed by atoms with E-state index in [0.29, 0.717) is 21.7 Å². The quantitative estimate of drug-likeness (QED) is 0.800. The molecule has 6 nitrogen and oxygen atoms in total. The third-order valence-corrected chi connectivity index (χ3v) is 3.53. The molecule has 1 amide bonds. The number of amides is 1. The van der Waals surface area contributed by atoms with Crippen LogP contribution in [0.4, 0.5) is 0 Å². The predicted molar refractivity (Wildman–Crippen MR) is 91.4 cm³/mol. The lowest BCUT2D eigenvalue weighted by molar-refractivity contribution is -0.143. The van der Waals surface area contributed by atoms with Gasteiger partial charge in [0.15, 0.2) is 0 Å². The minimum absolute atomic E-state index is 0.0388. The first-order valence-corrected chi connectivity index (χ1v) is 7.74. The summed E-state index contributed by atoms with van der Waals surface area (Å²) < 4.78 is 9.67. The molecule has 2 aromatic rings. The largest absolute Gasteiger partial charge is 0.465 e. The van der Waals surface area contributed by atoms with Crippen molar-refractivity contribution in [3.8, 4) is 0 Å². The highest BCUT2D eigenvalue weighted by molar-refractivity contribution is 6.30. The van der Waals surface area contributed by atoms with Gasteiger partial charge in [-0.25, -0.2) is 4.79 Å². The number of rotatable bonds is 6. The fourth-order valence-electron chi connectivity index (χ4n) is 1.93. The summed E-state index contributed by atoms with van der Waals surface area (Å²) in [6, 6.07) is 12.8. The number of hydrogen-bond donors (Lipinski definition) is 1. The summed E-state index contributed by atoms with van der Waals surface area (Å²) in [5, 5.41) is 2.99. The van der Waals surface area contributed by atoms with E-state index in [4.69, 9.17) is 16.3 Å². The highest BCUT2D eigenvalue weighted by Crippen LogP contribution is 2.09. The average Bonchev–Trinajstić information content (AvgIpc) is 2.64. The Labute approximate surface area is 149 Å². The van der Waals surface area contributed by atoms with Crippen LogP contribution >= 0.6 is 11.6 Å². The maximum Gasteiger partial charge on any atom is 0.337 e. The lowest BCUT2D eigenvalue weighted by Crippen LogP contribution is -2.30. The lowest BCUT2D eigenvalue weighted by atomic mass is 10.1. The van der Waals surface area contributed by atoms with E-state index in [1.54, 1.807) is 48.5 Å². The molecule has 0 aliphatic carbocycles. The summed E-state index contributed by atoms with van der Waals surface area (Å²) in [4.78, 5) is 34.9. The fraction of sp³-hybridized carbons (Fsp3) is 0.167. The van der Waals surface area contributed by atoms with Gasteiger partial charge in [-0.3, -0.25) is 9.59 Å². The SMILES string of the molecule is COC(=O)c1ccc(COC(=O)CNC(=O)c2ccc(Cl)cc2)cc1. The number of carbonyl (C=O) groups is 3. The zero-order chi connectivity index (χ0) is 18.2. The van der Waals surface area contributed by atoms with Gasteiger partial charge in [0.2, 0.25) is 0 Å². The standard InChI is InChI=1S/C18H16ClNO5/c1-24-18(23)14-4-2-12(3-5-14)11-25-16(21)10-20-17(22)13-6-8-15(19)9-7-13/h2-9H,10-11H2,1H3,(H,20,22). The maximum atomic E-state index is 11.9. The third-order valence-electron chi connectivity index (χ3n) is 3.27. The Morgan fingerprint density at radius 1 is 0.960 bits per heavy atom. The van der Waals surface area contributed by atoms with Gasteiger partial charge in [0, 0.05) is 10.6 Å². The molecule has 0 radical (unpaired) electrons. The van der Waals surface area contributed by atoms with Crippen molar-refractivity contribution in [1.82, 2.24) is 5.32 Å². The molecule has 0 heterocycles. The number of carbonyl (C=O) groups excluding carboxylic acids is 3. The summed E-state index contributed by atoms with van der Waals surface area (Å²) in [5.41, 5.74) is 1.52. The van der Waals surface area contributed by atoms with Crippen LogP contribution in [-0.4, -0.2) is 31.5 Å². The van der Waals surface area contributed by atoms with E-state index in [1.165, 1.54) is 7.11 Å². The highest BCUT2D eigenvalue weighted by atomic mass is 35.5. The first-order valence-electron chi connectivity index (χ1n) is 7.36. The van der Waals surface area contributed by atoms with Gasteiger partial charge >= 0.3 is 11.9 Å². The van der Waals surface area contributed by atoms with Gasteiger partial charge in [-0.05, 0) is 42.0 Å². The van der Waals surface area contributed by atoms with Crippen LogP contribution in [0.5, 0.6) is 0 Å². The zero-order valence-electron chi connectivity index (χ0n) is 13.5. The van der Waals surface area contributed by atoms with Crippen molar-refractivity contribution in [3.63, 3.8) is 0 Å². The van der Waals surface area contributed by atoms with Crippen LogP contribution in [0.15, 0.2) is 48.5 Å². The van der Waals surface area contributed by atoms with Crippen LogP contribution in [0.2, 0.25) is 5.02 Å². The van der Waals surface area contributed by atoms with Crippen molar-refractivity contribution in [2.24, 2.45) is 0 Å². The van der Waals surface area contributed by atoms with Gasteiger partial charge in [-0.1, -0.05) is 23.7 Å². The topological polar surface area (TPSA) is 81.7 Å². The molecule has 0 spiro atoms. The Morgan fingerprint density at radius 2 is 1.56 bits per heavy atom. The summed E-state index contributed by atoms with van der Waals surface area (Å²) in [6.07, 6.45) is 0. The van der Waals surface area contributed by atoms with Crippen molar-refractivity contribution in [3.05, 3.63) is 70.2 Å². The van der Waals surface area contributed by atoms with Crippen molar-refractivity contribution >= 4 is 29.4 Å². The molecule has 0 aromatic heterocycles. The molecule has 0 fully saturated rings. The molecule has 0 aliphatic rings. The first-order chi connectivity index (χ1) is 12.0. The van der Waals surface area contributed by atoms with E-state index >= 15 is 0 Å². The molecule has 0 bridgehead atoms. The van der Waals surface area contributed by atoms with Crippen LogP contribution < -0.4 is 5.32 Å². The molecule has 0 atom stereocenters. The van der Waals surface area contributed by atoms with Crippen molar-refractivity contribution in [1.29, 1.82) is 0 Å². The van der Waals surface area contributed by atoms with E-state index in [0.717, 1.165) is 0 Å². The molecule has 130 valence electrons. The van der Waals surface area contributed by atoms with Gasteiger partial charge < -0.3 is 14.8 Å². The van der Waals surface area contributed by atoms with Crippen LogP contribution in [0.3, 0.4) is 0 Å². The van der Waals surface area contributed by atoms with Crippen molar-refractivity contribution in [2.45, 2.75) is 6.61 Å². The monoisotopic (exact) mass is 361 g/mol. The first kappa shape index (κ1) is 18.5. The molecule has 0 saturated heterocycles. The number of benzene rings is 2. The Balaban J connectivity index is 1.77. The lowest BCUT2D eigenvalue weighted by Gasteiger charge is -2.07. The van der Waals surface area contributed by atoms with Gasteiger partial charge in [0.05, 0.1) is 12.7 Å². The second-order valence-corrected chi connectivity index (χ2v) is 5.48. The molecule has 7 heteroatoms. The van der Waals surface area contributed by atoms with Gasteiger partial charge in [0.1, 0.15) is 13.2 Å². The normalized spacial score (nSPS) is 10.0. The zero-order valence-corrected chi connectivity index (χ0v) is 14.2. The summed E-state index contributed by atoms with van der Waals surface area (Å²) in [5.74, 6) is -1.40. The molecule has 1 N–H and O–H groups in total. The number of halogens is 1. The van der Waals surface area contributed by atoms with Gasteiger partial charge in [-0.15, -0.1) is 0 Å². The van der Waals surface area contributed by atoms with E-state index < -0.39 is 17.8 Å². The minimum Gasteiger partial charge on any atom is -0.465 e. The molecule has 0 aliphatic heterocycles. The van der Waals surface area contributed by atoms with Crippen molar-refractivity contribution in [2.75, 3.05) is 13.7 Å². The number of hydrogen-bond acceptors (Lipinski definition) is 5. The van der Waals surface area contributed by atoms with Crippen LogP contribution in [0.25, 0.3) is 0 Å². The van der Waals surface area contributed by atoms with Crippen LogP contribution in [0.1, 0.15) is 26.3 Å². The van der Waals surface area contributed by atoms with E-state index in [2.05, 4.69) is 10.1 Å². The molecular formula is C18H16ClNO5. The van der Waals surface area contributed by atoms with E-state index in [1.807, 2.05) is 0 Å². The molecule has 2 rings (SSSR count). The second kappa shape index (κ2) is 8.84. The maximum absolute atomic E-state index is 11.9. The third kappa shape index (κ3) is 5.61. The summed E-state index contributed by atoms with van der Waals surface area (Å²) >= 11 is 5.75. The number of ether oxygens (including phenoxy) is 2. The molecular weight excluding hydrogens is 346 g/mol. The van der Waals surface area contributed by atoms with Gasteiger partial charge in [0.25, 0.3) is 5.91 Å². The number of methoxy groups -OCH3 is 1. The Kier molecular flexibility index (Phi) is 6.54. The second-order valence-electron chi connectivity index (χ2n) is 5.04. The molecule has 2 aromatic carbocycles. The average molecular weight is 362 g/mol. The van der Waals surface area contributed by atoms with Crippen LogP contribution in [0, 0.1) is 0 Å². The smallest absolute Gasteiger partial charge is 0.337 e. The Bertz CT molecular complexity index is 756. The van der Waals surface area contributed by atoms with E-state index in [-0.39, 0.29) is 13.2 Å². The van der Waals surface area contributed by atoms with Crippen LogP contribution in [-0.2, 0) is 20.9 Å². The minimum atomic E-state index is -0.570. The fourth-order valence-corrected chi connectivity index (χ4v) is 2.05. The molecule has 0 unspecified atom stereocenters.